The molecule has 0 heterocycles. The van der Waals surface area contributed by atoms with E-state index < -0.39 is 11.9 Å². The number of carboxylic acid groups (broad SMARTS) is 1. The summed E-state index contributed by atoms with van der Waals surface area (Å²) in [6.45, 7) is 11.4. The smallest absolute Gasteiger partial charge is 0.331 e. The van der Waals surface area contributed by atoms with Crippen molar-refractivity contribution in [1.82, 2.24) is 0 Å². The molecule has 0 aliphatic heterocycles. The lowest BCUT2D eigenvalue weighted by Gasteiger charge is -2.00. The molecule has 0 fully saturated rings. The highest BCUT2D eigenvalue weighted by molar-refractivity contribution is 5.87. The van der Waals surface area contributed by atoms with Crippen LogP contribution in [0.3, 0.4) is 0 Å². The van der Waals surface area contributed by atoms with Gasteiger partial charge in [0.05, 0.1) is 13.2 Å². The molecule has 0 spiro atoms. The summed E-state index contributed by atoms with van der Waals surface area (Å²) in [6, 6.07) is 9.86. The molecule has 0 saturated carbocycles. The van der Waals surface area contributed by atoms with Crippen molar-refractivity contribution in [3.63, 3.8) is 0 Å². The van der Waals surface area contributed by atoms with Crippen molar-refractivity contribution in [1.29, 1.82) is 0 Å². The van der Waals surface area contributed by atoms with Crippen LogP contribution in [-0.4, -0.2) is 47.9 Å². The second-order valence-corrected chi connectivity index (χ2v) is 7.40. The molecule has 0 aromatic heterocycles. The minimum Gasteiger partial charge on any atom is -0.478 e. The molecule has 1 aromatic carbocycles. The van der Waals surface area contributed by atoms with Crippen molar-refractivity contribution in [2.75, 3.05) is 19.8 Å². The van der Waals surface area contributed by atoms with Gasteiger partial charge in [-0.15, -0.1) is 0 Å². The predicted molar refractivity (Wildman–Crippen MR) is 144 cm³/mol. The number of rotatable bonds is 15. The normalized spacial score (nSPS) is 10.2. The van der Waals surface area contributed by atoms with Crippen molar-refractivity contribution < 1.29 is 34.1 Å². The summed E-state index contributed by atoms with van der Waals surface area (Å²) in [5, 5.41) is 17.3. The summed E-state index contributed by atoms with van der Waals surface area (Å²) in [6.07, 6.45) is 13.9. The zero-order chi connectivity index (χ0) is 27.4. The molecule has 7 heteroatoms. The van der Waals surface area contributed by atoms with Crippen LogP contribution >= 0.6 is 0 Å². The van der Waals surface area contributed by atoms with Gasteiger partial charge >= 0.3 is 17.9 Å². The molecule has 0 atom stereocenters. The third kappa shape index (κ3) is 23.7. The molecule has 7 nitrogen and oxygen atoms in total. The Morgan fingerprint density at radius 3 is 1.89 bits per heavy atom. The molecule has 0 radical (unpaired) electrons. The molecule has 0 saturated heterocycles. The molecule has 2 N–H and O–H groups in total. The Labute approximate surface area is 215 Å². The predicted octanol–water partition coefficient (Wildman–Crippen LogP) is 5.90. The highest BCUT2D eigenvalue weighted by Crippen LogP contribution is 2.10. The number of benzene rings is 1. The van der Waals surface area contributed by atoms with Gasteiger partial charge in [0.25, 0.3) is 0 Å². The van der Waals surface area contributed by atoms with Gasteiger partial charge in [-0.25, -0.2) is 14.4 Å². The van der Waals surface area contributed by atoms with Crippen molar-refractivity contribution in [2.45, 2.75) is 58.8 Å². The van der Waals surface area contributed by atoms with Crippen LogP contribution in [0, 0.1) is 0 Å². The molecule has 200 valence electrons. The molecular weight excluding hydrogens is 460 g/mol. The number of allylic oxidation sites excluding steroid dienone is 2. The van der Waals surface area contributed by atoms with E-state index in [1.165, 1.54) is 6.08 Å². The average molecular weight is 503 g/mol. The van der Waals surface area contributed by atoms with E-state index in [9.17, 15) is 14.4 Å². The van der Waals surface area contributed by atoms with E-state index >= 15 is 0 Å². The maximum atomic E-state index is 11.0. The van der Waals surface area contributed by atoms with E-state index in [0.29, 0.717) is 25.0 Å². The Morgan fingerprint density at radius 1 is 0.861 bits per heavy atom. The standard InChI is InChI=1S/C16H20O2.C7H12O2.C6H10O3/c1-2-3-5-12-15(16(17)18)13-8-11-14-9-6-4-7-10-14;1-3-5-6-9-7(8)4-2;1-2-6(8)9-5-3-4-7/h4,6-11,13H,2-3,5,12H2,1H3,(H,17,18);4H,2-3,5-6H2,1H3;2,7H,1,3-5H2. The summed E-state index contributed by atoms with van der Waals surface area (Å²) < 4.78 is 9.19. The monoisotopic (exact) mass is 502 g/mol. The van der Waals surface area contributed by atoms with Crippen molar-refractivity contribution in [2.24, 2.45) is 0 Å². The highest BCUT2D eigenvalue weighted by Gasteiger charge is 2.04. The molecule has 0 amide bonds. The van der Waals surface area contributed by atoms with Crippen LogP contribution in [0.2, 0.25) is 0 Å². The summed E-state index contributed by atoms with van der Waals surface area (Å²) in [5.74, 6) is -1.59. The summed E-state index contributed by atoms with van der Waals surface area (Å²) in [5.41, 5.74) is 1.56. The highest BCUT2D eigenvalue weighted by atomic mass is 16.5. The van der Waals surface area contributed by atoms with E-state index in [2.05, 4.69) is 29.6 Å². The zero-order valence-corrected chi connectivity index (χ0v) is 21.7. The number of carboxylic acids is 1. The van der Waals surface area contributed by atoms with Gasteiger partial charge in [-0.1, -0.05) is 94.8 Å². The van der Waals surface area contributed by atoms with Gasteiger partial charge in [-0.2, -0.15) is 0 Å². The van der Waals surface area contributed by atoms with Crippen LogP contribution in [0.25, 0.3) is 6.08 Å². The van der Waals surface area contributed by atoms with Gasteiger partial charge in [-0.3, -0.25) is 0 Å². The zero-order valence-electron chi connectivity index (χ0n) is 21.7. The van der Waals surface area contributed by atoms with Gasteiger partial charge in [-0.05, 0) is 24.8 Å². The first-order valence-corrected chi connectivity index (χ1v) is 12.2. The van der Waals surface area contributed by atoms with E-state index in [1.54, 1.807) is 6.08 Å². The van der Waals surface area contributed by atoms with E-state index in [-0.39, 0.29) is 19.2 Å². The van der Waals surface area contributed by atoms with Gasteiger partial charge in [0.2, 0.25) is 0 Å². The second-order valence-electron chi connectivity index (χ2n) is 7.40. The molecule has 0 unspecified atom stereocenters. The number of carbonyl (C=O) groups is 3. The molecule has 1 rings (SSSR count). The third-order valence-corrected chi connectivity index (χ3v) is 4.33. The number of carbonyl (C=O) groups excluding carboxylic acids is 2. The fourth-order valence-corrected chi connectivity index (χ4v) is 2.34. The molecular formula is C29H42O7. The first kappa shape index (κ1) is 34.7. The number of esters is 2. The van der Waals surface area contributed by atoms with Crippen LogP contribution in [0.15, 0.2) is 73.4 Å². The van der Waals surface area contributed by atoms with Crippen LogP contribution in [0.5, 0.6) is 0 Å². The maximum absolute atomic E-state index is 11.0. The van der Waals surface area contributed by atoms with Gasteiger partial charge in [0, 0.05) is 30.8 Å². The lowest BCUT2D eigenvalue weighted by atomic mass is 10.1. The fraction of sp³-hybridized carbons (Fsp3) is 0.414. The lowest BCUT2D eigenvalue weighted by molar-refractivity contribution is -0.138. The molecule has 1 aromatic rings. The van der Waals surface area contributed by atoms with Crippen LogP contribution in [-0.2, 0) is 23.9 Å². The first-order valence-electron chi connectivity index (χ1n) is 12.2. The Kier molecular flexibility index (Phi) is 25.2. The average Bonchev–Trinajstić information content (AvgIpc) is 2.89. The number of hydrogen-bond donors (Lipinski definition) is 2. The number of hydrogen-bond acceptors (Lipinski definition) is 6. The molecule has 36 heavy (non-hydrogen) atoms. The SMILES string of the molecule is C=CC(=O)OCCCC.C=CC(=O)OCCCO.CCCCCC(=CC=Cc1ccccc1)C(=O)O. The largest absolute Gasteiger partial charge is 0.478 e. The summed E-state index contributed by atoms with van der Waals surface area (Å²) in [4.78, 5) is 31.6. The topological polar surface area (TPSA) is 110 Å². The van der Waals surface area contributed by atoms with Crippen LogP contribution in [0.1, 0.15) is 64.4 Å². The molecule has 0 aliphatic carbocycles. The minimum atomic E-state index is -0.816. The number of ether oxygens (including phenoxy) is 2. The fourth-order valence-electron chi connectivity index (χ4n) is 2.34. The van der Waals surface area contributed by atoms with Gasteiger partial charge < -0.3 is 19.7 Å². The Balaban J connectivity index is 0. The van der Waals surface area contributed by atoms with Crippen molar-refractivity contribution in [3.05, 3.63) is 78.9 Å². The molecule has 0 bridgehead atoms. The van der Waals surface area contributed by atoms with E-state index in [1.807, 2.05) is 49.4 Å². The van der Waals surface area contributed by atoms with Crippen LogP contribution < -0.4 is 0 Å². The number of aliphatic carboxylic acids is 1. The lowest BCUT2D eigenvalue weighted by Crippen LogP contribution is -2.02. The quantitative estimate of drug-likeness (QED) is 0.133. The Hall–Kier alpha value is -3.45. The Bertz CT molecular complexity index is 769. The third-order valence-electron chi connectivity index (χ3n) is 4.33. The van der Waals surface area contributed by atoms with E-state index in [0.717, 1.165) is 43.7 Å². The first-order chi connectivity index (χ1) is 17.4. The minimum absolute atomic E-state index is 0.0461. The Morgan fingerprint density at radius 2 is 1.42 bits per heavy atom. The summed E-state index contributed by atoms with van der Waals surface area (Å²) in [7, 11) is 0. The van der Waals surface area contributed by atoms with Crippen molar-refractivity contribution in [3.8, 4) is 0 Å². The summed E-state index contributed by atoms with van der Waals surface area (Å²) >= 11 is 0. The number of aliphatic hydroxyl groups excluding tert-OH is 1. The van der Waals surface area contributed by atoms with Crippen molar-refractivity contribution >= 4 is 24.0 Å². The second kappa shape index (κ2) is 26.2. The number of aliphatic hydroxyl groups is 1. The molecule has 0 aliphatic rings. The van der Waals surface area contributed by atoms with E-state index in [4.69, 9.17) is 10.2 Å². The van der Waals surface area contributed by atoms with Crippen LogP contribution in [0.4, 0.5) is 0 Å². The number of unbranched alkanes of at least 4 members (excludes halogenated alkanes) is 3. The van der Waals surface area contributed by atoms with Gasteiger partial charge in [0.15, 0.2) is 0 Å². The maximum Gasteiger partial charge on any atom is 0.331 e. The van der Waals surface area contributed by atoms with Gasteiger partial charge in [0.1, 0.15) is 0 Å².